The number of methoxy groups -OCH3 is 1. The number of ether oxygens (including phenoxy) is 1. The number of halogens is 1. The average molecular weight is 520 g/mol. The molecule has 0 radical (unpaired) electrons. The molecule has 0 saturated carbocycles. The first kappa shape index (κ1) is 21.7. The zero-order valence-electron chi connectivity index (χ0n) is 18.2. The summed E-state index contributed by atoms with van der Waals surface area (Å²) in [4.78, 5) is 6.66. The summed E-state index contributed by atoms with van der Waals surface area (Å²) in [7, 11) is 1.66. The molecule has 33 heavy (non-hydrogen) atoms. The second-order valence-electron chi connectivity index (χ2n) is 7.85. The molecule has 1 N–H and O–H groups in total. The summed E-state index contributed by atoms with van der Waals surface area (Å²) in [6, 6.07) is 23.5. The number of thiocarbonyl (C=S) groups is 1. The van der Waals surface area contributed by atoms with E-state index < -0.39 is 0 Å². The van der Waals surface area contributed by atoms with Crippen molar-refractivity contribution >= 4 is 38.9 Å². The van der Waals surface area contributed by atoms with Gasteiger partial charge in [-0.2, -0.15) is 0 Å². The topological polar surface area (TPSA) is 50.5 Å². The lowest BCUT2D eigenvalue weighted by Crippen LogP contribution is -2.29. The average Bonchev–Trinajstić information content (AvgIpc) is 3.44. The maximum Gasteiger partial charge on any atom is 0.174 e. The normalized spacial score (nSPS) is 17.8. The largest absolute Gasteiger partial charge is 0.495 e. The Hall–Kier alpha value is -3.16. The van der Waals surface area contributed by atoms with Crippen LogP contribution in [0.15, 0.2) is 87.9 Å². The summed E-state index contributed by atoms with van der Waals surface area (Å²) < 4.78 is 13.1. The number of hydrogen-bond donors (Lipinski definition) is 1. The molecule has 2 aromatic carbocycles. The van der Waals surface area contributed by atoms with E-state index in [9.17, 15) is 0 Å². The first-order valence-electron chi connectivity index (χ1n) is 10.6. The Morgan fingerprint density at radius 2 is 1.88 bits per heavy atom. The van der Waals surface area contributed by atoms with Crippen LogP contribution in [-0.4, -0.2) is 17.2 Å². The van der Waals surface area contributed by atoms with Crippen LogP contribution in [0, 0.1) is 6.92 Å². The Morgan fingerprint density at radius 1 is 1.06 bits per heavy atom. The fourth-order valence-electron chi connectivity index (χ4n) is 4.21. The second kappa shape index (κ2) is 9.00. The molecule has 0 spiro atoms. The smallest absolute Gasteiger partial charge is 0.174 e. The molecular weight excluding hydrogens is 498 g/mol. The molecule has 3 heterocycles. The van der Waals surface area contributed by atoms with Crippen molar-refractivity contribution in [1.82, 2.24) is 10.3 Å². The molecule has 1 aliphatic heterocycles. The Labute approximate surface area is 206 Å². The highest BCUT2D eigenvalue weighted by Crippen LogP contribution is 2.45. The summed E-state index contributed by atoms with van der Waals surface area (Å²) >= 11 is 9.47. The minimum Gasteiger partial charge on any atom is -0.495 e. The molecule has 0 bridgehead atoms. The number of para-hydroxylation sites is 2. The van der Waals surface area contributed by atoms with Crippen molar-refractivity contribution in [2.75, 3.05) is 12.0 Å². The van der Waals surface area contributed by atoms with Gasteiger partial charge in [0.1, 0.15) is 23.3 Å². The number of pyridine rings is 1. The van der Waals surface area contributed by atoms with Crippen LogP contribution in [0.25, 0.3) is 11.3 Å². The highest BCUT2D eigenvalue weighted by Gasteiger charge is 2.43. The third-order valence-electron chi connectivity index (χ3n) is 5.75. The predicted molar refractivity (Wildman–Crippen MR) is 138 cm³/mol. The van der Waals surface area contributed by atoms with Gasteiger partial charge in [0.15, 0.2) is 5.11 Å². The van der Waals surface area contributed by atoms with E-state index in [2.05, 4.69) is 56.3 Å². The van der Waals surface area contributed by atoms with Crippen molar-refractivity contribution in [2.24, 2.45) is 0 Å². The van der Waals surface area contributed by atoms with E-state index in [1.165, 1.54) is 5.56 Å². The van der Waals surface area contributed by atoms with E-state index in [-0.39, 0.29) is 12.1 Å². The van der Waals surface area contributed by atoms with Gasteiger partial charge in [-0.05, 0) is 73.2 Å². The highest BCUT2D eigenvalue weighted by atomic mass is 79.9. The SMILES string of the molecule is COc1ccccc1N1C(=S)N[C@H](c2ccccn2)[C@H]1c1ccc(-c2ccc(C)cc2Br)o1. The highest BCUT2D eigenvalue weighted by molar-refractivity contribution is 9.10. The van der Waals surface area contributed by atoms with E-state index in [0.29, 0.717) is 5.11 Å². The van der Waals surface area contributed by atoms with Crippen LogP contribution in [0.5, 0.6) is 5.75 Å². The summed E-state index contributed by atoms with van der Waals surface area (Å²) in [6.45, 7) is 2.07. The van der Waals surface area contributed by atoms with Gasteiger partial charge in [0.2, 0.25) is 0 Å². The molecule has 2 atom stereocenters. The summed E-state index contributed by atoms with van der Waals surface area (Å²) in [6.07, 6.45) is 1.79. The van der Waals surface area contributed by atoms with Crippen LogP contribution in [0.3, 0.4) is 0 Å². The molecule has 1 saturated heterocycles. The van der Waals surface area contributed by atoms with Crippen molar-refractivity contribution in [2.45, 2.75) is 19.0 Å². The molecule has 2 aromatic heterocycles. The number of aromatic nitrogens is 1. The number of aryl methyl sites for hydroxylation is 1. The van der Waals surface area contributed by atoms with E-state index in [0.717, 1.165) is 38.7 Å². The van der Waals surface area contributed by atoms with Gasteiger partial charge in [-0.25, -0.2) is 0 Å². The number of hydrogen-bond acceptors (Lipinski definition) is 4. The van der Waals surface area contributed by atoms with Gasteiger partial charge >= 0.3 is 0 Å². The molecule has 1 fully saturated rings. The lowest BCUT2D eigenvalue weighted by Gasteiger charge is -2.27. The van der Waals surface area contributed by atoms with Crippen LogP contribution in [0.1, 0.15) is 29.1 Å². The zero-order valence-corrected chi connectivity index (χ0v) is 20.6. The van der Waals surface area contributed by atoms with E-state index in [1.54, 1.807) is 13.3 Å². The van der Waals surface area contributed by atoms with Gasteiger partial charge in [0, 0.05) is 16.2 Å². The van der Waals surface area contributed by atoms with Gasteiger partial charge in [-0.3, -0.25) is 4.98 Å². The monoisotopic (exact) mass is 519 g/mol. The molecule has 0 unspecified atom stereocenters. The first-order valence-corrected chi connectivity index (χ1v) is 11.8. The third kappa shape index (κ3) is 4.03. The van der Waals surface area contributed by atoms with Gasteiger partial charge in [-0.15, -0.1) is 0 Å². The van der Waals surface area contributed by atoms with Gasteiger partial charge in [0.25, 0.3) is 0 Å². The van der Waals surface area contributed by atoms with Crippen molar-refractivity contribution < 1.29 is 9.15 Å². The van der Waals surface area contributed by atoms with Crippen LogP contribution in [0.4, 0.5) is 5.69 Å². The molecule has 4 aromatic rings. The van der Waals surface area contributed by atoms with Crippen LogP contribution in [-0.2, 0) is 0 Å². The number of furan rings is 1. The standard InChI is InChI=1S/C26H22BrN3O2S/c1-16-10-11-17(18(27)15-16)21-12-13-23(32-21)25-24(19-7-5-6-14-28-19)29-26(33)30(25)20-8-3-4-9-22(20)31-2/h3-15,24-25H,1-2H3,(H,29,33)/t24-,25-/m1/s1. The Balaban J connectivity index is 1.63. The Kier molecular flexibility index (Phi) is 5.91. The summed E-state index contributed by atoms with van der Waals surface area (Å²) in [5.74, 6) is 2.31. The minimum atomic E-state index is -0.248. The third-order valence-corrected chi connectivity index (χ3v) is 6.72. The van der Waals surface area contributed by atoms with Crippen molar-refractivity contribution in [1.29, 1.82) is 0 Å². The zero-order chi connectivity index (χ0) is 22.9. The molecule has 7 heteroatoms. The van der Waals surface area contributed by atoms with Crippen molar-refractivity contribution in [3.8, 4) is 17.1 Å². The number of benzene rings is 2. The number of nitrogens with zero attached hydrogens (tertiary/aromatic N) is 2. The Bertz CT molecular complexity index is 1310. The second-order valence-corrected chi connectivity index (χ2v) is 9.09. The molecule has 5 nitrogen and oxygen atoms in total. The maximum absolute atomic E-state index is 6.46. The van der Waals surface area contributed by atoms with Crippen LogP contribution in [0.2, 0.25) is 0 Å². The quantitative estimate of drug-likeness (QED) is 0.300. The number of anilines is 1. The van der Waals surface area contributed by atoms with Gasteiger partial charge in [0.05, 0.1) is 24.5 Å². The molecule has 0 amide bonds. The molecule has 1 aliphatic rings. The molecule has 166 valence electrons. The summed E-state index contributed by atoms with van der Waals surface area (Å²) in [5.41, 5.74) is 3.94. The van der Waals surface area contributed by atoms with Crippen molar-refractivity contribution in [3.63, 3.8) is 0 Å². The predicted octanol–water partition coefficient (Wildman–Crippen LogP) is 6.60. The molecule has 5 rings (SSSR count). The van der Waals surface area contributed by atoms with E-state index in [1.807, 2.05) is 54.6 Å². The lowest BCUT2D eigenvalue weighted by atomic mass is 10.0. The Morgan fingerprint density at radius 3 is 2.64 bits per heavy atom. The number of nitrogens with one attached hydrogen (secondary N) is 1. The van der Waals surface area contributed by atoms with E-state index >= 15 is 0 Å². The number of rotatable bonds is 5. The fraction of sp³-hybridized carbons (Fsp3) is 0.154. The first-order chi connectivity index (χ1) is 16.1. The van der Waals surface area contributed by atoms with Crippen LogP contribution >= 0.6 is 28.1 Å². The summed E-state index contributed by atoms with van der Waals surface area (Å²) in [5, 5.41) is 4.05. The van der Waals surface area contributed by atoms with Gasteiger partial charge in [-0.1, -0.05) is 40.2 Å². The van der Waals surface area contributed by atoms with Crippen molar-refractivity contribution in [3.05, 3.63) is 100 Å². The molecule has 0 aliphatic carbocycles. The molecular formula is C26H22BrN3O2S. The van der Waals surface area contributed by atoms with Crippen LogP contribution < -0.4 is 15.0 Å². The maximum atomic E-state index is 6.46. The van der Waals surface area contributed by atoms with Gasteiger partial charge < -0.3 is 19.4 Å². The van der Waals surface area contributed by atoms with E-state index in [4.69, 9.17) is 21.4 Å². The lowest BCUT2D eigenvalue weighted by molar-refractivity contribution is 0.409. The fourth-order valence-corrected chi connectivity index (χ4v) is 5.24. The minimum absolute atomic E-state index is 0.191.